The quantitative estimate of drug-likeness (QED) is 0.834. The summed E-state index contributed by atoms with van der Waals surface area (Å²) in [6.45, 7) is 4.79. The van der Waals surface area contributed by atoms with Crippen LogP contribution in [0.4, 0.5) is 0 Å². The van der Waals surface area contributed by atoms with Crippen LogP contribution in [0.2, 0.25) is 0 Å². The maximum atomic E-state index is 5.96. The van der Waals surface area contributed by atoms with Crippen molar-refractivity contribution >= 4 is 10.9 Å². The van der Waals surface area contributed by atoms with Crippen LogP contribution in [0.5, 0.6) is 0 Å². The lowest BCUT2D eigenvalue weighted by molar-refractivity contribution is 0.0678. The van der Waals surface area contributed by atoms with Gasteiger partial charge in [-0.3, -0.25) is 4.98 Å². The average Bonchev–Trinajstić information content (AvgIpc) is 2.66. The van der Waals surface area contributed by atoms with Crippen LogP contribution in [-0.4, -0.2) is 24.7 Å². The Morgan fingerprint density at radius 3 is 3.17 bits per heavy atom. The van der Waals surface area contributed by atoms with Gasteiger partial charge >= 0.3 is 0 Å². The molecule has 0 amide bonds. The molecule has 0 saturated carbocycles. The summed E-state index contributed by atoms with van der Waals surface area (Å²) in [7, 11) is 0. The molecule has 3 rings (SSSR count). The van der Waals surface area contributed by atoms with Gasteiger partial charge in [0.2, 0.25) is 0 Å². The van der Waals surface area contributed by atoms with Crippen molar-refractivity contribution < 1.29 is 4.74 Å². The zero-order valence-electron chi connectivity index (χ0n) is 10.6. The second-order valence-corrected chi connectivity index (χ2v) is 4.79. The van der Waals surface area contributed by atoms with Crippen molar-refractivity contribution in [2.75, 3.05) is 19.7 Å². The van der Waals surface area contributed by atoms with Gasteiger partial charge in [0, 0.05) is 24.2 Å². The molecular weight excluding hydrogens is 224 g/mol. The fourth-order valence-corrected chi connectivity index (χ4v) is 2.52. The standard InChI is InChI=1S/C15H18N2O/c1-11-9-13(15-10-16-7-4-8-18-15)12-5-2-3-6-14(12)17-11/h2-3,5-6,9,15-16H,4,7-8,10H2,1H3. The first-order valence-electron chi connectivity index (χ1n) is 6.53. The molecule has 18 heavy (non-hydrogen) atoms. The fourth-order valence-electron chi connectivity index (χ4n) is 2.52. The van der Waals surface area contributed by atoms with E-state index in [2.05, 4.69) is 34.6 Å². The summed E-state index contributed by atoms with van der Waals surface area (Å²) < 4.78 is 5.96. The molecule has 2 heterocycles. The second-order valence-electron chi connectivity index (χ2n) is 4.79. The summed E-state index contributed by atoms with van der Waals surface area (Å²) >= 11 is 0. The Morgan fingerprint density at radius 2 is 2.22 bits per heavy atom. The topological polar surface area (TPSA) is 34.1 Å². The number of hydrogen-bond donors (Lipinski definition) is 1. The van der Waals surface area contributed by atoms with Crippen LogP contribution in [0.15, 0.2) is 30.3 Å². The third-order valence-electron chi connectivity index (χ3n) is 3.37. The Labute approximate surface area is 107 Å². The highest BCUT2D eigenvalue weighted by molar-refractivity contribution is 5.82. The lowest BCUT2D eigenvalue weighted by atomic mass is 10.0. The number of hydrogen-bond acceptors (Lipinski definition) is 3. The van der Waals surface area contributed by atoms with Gasteiger partial charge in [0.25, 0.3) is 0 Å². The zero-order chi connectivity index (χ0) is 12.4. The maximum absolute atomic E-state index is 5.96. The van der Waals surface area contributed by atoms with Gasteiger partial charge in [-0.15, -0.1) is 0 Å². The molecule has 3 heteroatoms. The van der Waals surface area contributed by atoms with Crippen molar-refractivity contribution in [3.05, 3.63) is 41.6 Å². The van der Waals surface area contributed by atoms with Crippen LogP contribution in [-0.2, 0) is 4.74 Å². The van der Waals surface area contributed by atoms with Crippen LogP contribution in [0.1, 0.15) is 23.8 Å². The number of pyridine rings is 1. The fraction of sp³-hybridized carbons (Fsp3) is 0.400. The summed E-state index contributed by atoms with van der Waals surface area (Å²) in [4.78, 5) is 4.58. The van der Waals surface area contributed by atoms with E-state index in [0.717, 1.165) is 37.3 Å². The lowest BCUT2D eigenvalue weighted by Crippen LogP contribution is -2.20. The van der Waals surface area contributed by atoms with E-state index in [9.17, 15) is 0 Å². The summed E-state index contributed by atoms with van der Waals surface area (Å²) in [5.41, 5.74) is 3.37. The molecule has 0 radical (unpaired) electrons. The molecule has 2 aromatic rings. The van der Waals surface area contributed by atoms with E-state index in [-0.39, 0.29) is 6.10 Å². The van der Waals surface area contributed by atoms with E-state index in [1.807, 2.05) is 13.0 Å². The van der Waals surface area contributed by atoms with E-state index in [4.69, 9.17) is 4.74 Å². The number of rotatable bonds is 1. The van der Waals surface area contributed by atoms with Gasteiger partial charge < -0.3 is 10.1 Å². The Kier molecular flexibility index (Phi) is 3.26. The number of nitrogens with one attached hydrogen (secondary N) is 1. The molecule has 3 nitrogen and oxygen atoms in total. The van der Waals surface area contributed by atoms with Crippen molar-refractivity contribution in [1.29, 1.82) is 0 Å². The van der Waals surface area contributed by atoms with Crippen LogP contribution in [0.25, 0.3) is 10.9 Å². The SMILES string of the molecule is Cc1cc(C2CNCCCO2)c2ccccc2n1. The van der Waals surface area contributed by atoms with E-state index >= 15 is 0 Å². The molecule has 0 bridgehead atoms. The number of nitrogens with zero attached hydrogens (tertiary/aromatic N) is 1. The summed E-state index contributed by atoms with van der Waals surface area (Å²) in [5.74, 6) is 0. The summed E-state index contributed by atoms with van der Waals surface area (Å²) in [6.07, 6.45) is 1.22. The first-order chi connectivity index (χ1) is 8.84. The predicted molar refractivity (Wildman–Crippen MR) is 72.7 cm³/mol. The molecule has 1 aliphatic rings. The highest BCUT2D eigenvalue weighted by Gasteiger charge is 2.17. The smallest absolute Gasteiger partial charge is 0.0956 e. The molecule has 1 fully saturated rings. The van der Waals surface area contributed by atoms with Gasteiger partial charge in [-0.2, -0.15) is 0 Å². The first-order valence-corrected chi connectivity index (χ1v) is 6.53. The Morgan fingerprint density at radius 1 is 1.33 bits per heavy atom. The molecule has 0 aliphatic carbocycles. The molecule has 1 aromatic heterocycles. The Balaban J connectivity index is 2.08. The minimum Gasteiger partial charge on any atom is -0.372 e. The van der Waals surface area contributed by atoms with E-state index in [1.54, 1.807) is 0 Å². The van der Waals surface area contributed by atoms with Crippen LogP contribution in [0, 0.1) is 6.92 Å². The number of benzene rings is 1. The largest absolute Gasteiger partial charge is 0.372 e. The van der Waals surface area contributed by atoms with Crippen molar-refractivity contribution in [3.63, 3.8) is 0 Å². The van der Waals surface area contributed by atoms with Crippen molar-refractivity contribution in [1.82, 2.24) is 10.3 Å². The van der Waals surface area contributed by atoms with Crippen LogP contribution >= 0.6 is 0 Å². The zero-order valence-corrected chi connectivity index (χ0v) is 10.6. The van der Waals surface area contributed by atoms with Gasteiger partial charge in [0.05, 0.1) is 11.6 Å². The van der Waals surface area contributed by atoms with Gasteiger partial charge in [0.15, 0.2) is 0 Å². The van der Waals surface area contributed by atoms with E-state index in [0.29, 0.717) is 0 Å². The number of fused-ring (bicyclic) bond motifs is 1. The van der Waals surface area contributed by atoms with E-state index in [1.165, 1.54) is 10.9 Å². The Bertz CT molecular complexity index is 545. The summed E-state index contributed by atoms with van der Waals surface area (Å²) in [6, 6.07) is 10.4. The number of aromatic nitrogens is 1. The highest BCUT2D eigenvalue weighted by Crippen LogP contribution is 2.27. The minimum absolute atomic E-state index is 0.138. The molecule has 94 valence electrons. The molecule has 0 spiro atoms. The van der Waals surface area contributed by atoms with Crippen molar-refractivity contribution in [3.8, 4) is 0 Å². The predicted octanol–water partition coefficient (Wildman–Crippen LogP) is 2.59. The molecule has 1 aliphatic heterocycles. The van der Waals surface area contributed by atoms with Crippen molar-refractivity contribution in [2.45, 2.75) is 19.4 Å². The molecule has 1 unspecified atom stereocenters. The molecule has 1 saturated heterocycles. The van der Waals surface area contributed by atoms with Crippen LogP contribution < -0.4 is 5.32 Å². The third kappa shape index (κ3) is 2.24. The maximum Gasteiger partial charge on any atom is 0.0956 e. The molecule has 1 aromatic carbocycles. The van der Waals surface area contributed by atoms with Crippen molar-refractivity contribution in [2.24, 2.45) is 0 Å². The number of para-hydroxylation sites is 1. The number of ether oxygens (including phenoxy) is 1. The van der Waals surface area contributed by atoms with Gasteiger partial charge in [-0.1, -0.05) is 18.2 Å². The molecule has 1 N–H and O–H groups in total. The van der Waals surface area contributed by atoms with Gasteiger partial charge in [-0.25, -0.2) is 0 Å². The minimum atomic E-state index is 0.138. The summed E-state index contributed by atoms with van der Waals surface area (Å²) in [5, 5.41) is 4.64. The third-order valence-corrected chi connectivity index (χ3v) is 3.37. The first kappa shape index (κ1) is 11.6. The highest BCUT2D eigenvalue weighted by atomic mass is 16.5. The van der Waals surface area contributed by atoms with Crippen LogP contribution in [0.3, 0.4) is 0 Å². The van der Waals surface area contributed by atoms with Gasteiger partial charge in [-0.05, 0) is 37.6 Å². The Hall–Kier alpha value is -1.45. The van der Waals surface area contributed by atoms with E-state index < -0.39 is 0 Å². The normalized spacial score (nSPS) is 20.8. The van der Waals surface area contributed by atoms with Gasteiger partial charge in [0.1, 0.15) is 0 Å². The second kappa shape index (κ2) is 5.04. The molecular formula is C15H18N2O. The monoisotopic (exact) mass is 242 g/mol. The lowest BCUT2D eigenvalue weighted by Gasteiger charge is -2.18. The molecule has 1 atom stereocenters. The number of aryl methyl sites for hydroxylation is 1. The average molecular weight is 242 g/mol.